The molecule has 8 heteroatoms. The van der Waals surface area contributed by atoms with Gasteiger partial charge in [0.15, 0.2) is 5.78 Å². The molecule has 134 valence electrons. The van der Waals surface area contributed by atoms with E-state index in [9.17, 15) is 18.0 Å². The summed E-state index contributed by atoms with van der Waals surface area (Å²) in [6.45, 7) is 0.147. The highest BCUT2D eigenvalue weighted by atomic mass is 35.5. The molecule has 0 saturated heterocycles. The second-order valence-electron chi connectivity index (χ2n) is 6.36. The zero-order chi connectivity index (χ0) is 18.5. The maximum absolute atomic E-state index is 13.1. The number of hydrogen-bond donors (Lipinski definition) is 0. The van der Waals surface area contributed by atoms with E-state index in [2.05, 4.69) is 10.1 Å². The minimum absolute atomic E-state index is 0.107. The molecule has 0 unspecified atom stereocenters. The van der Waals surface area contributed by atoms with E-state index < -0.39 is 11.7 Å². The second kappa shape index (κ2) is 6.09. The number of Topliss-reactive ketones (excluding diaryl/α,β-unsaturated/α-hetero) is 1. The van der Waals surface area contributed by atoms with Gasteiger partial charge in [0.1, 0.15) is 12.1 Å². The lowest BCUT2D eigenvalue weighted by Crippen LogP contribution is -2.12. The number of fused-ring (bicyclic) bond motifs is 1. The van der Waals surface area contributed by atoms with Crippen molar-refractivity contribution >= 4 is 28.4 Å². The number of hydrogen-bond acceptors (Lipinski definition) is 3. The van der Waals surface area contributed by atoms with Crippen molar-refractivity contribution in [3.05, 3.63) is 47.2 Å². The van der Waals surface area contributed by atoms with E-state index >= 15 is 0 Å². The molecule has 1 aromatic carbocycles. The van der Waals surface area contributed by atoms with Gasteiger partial charge in [-0.3, -0.25) is 14.5 Å². The molecule has 4 nitrogen and oxygen atoms in total. The van der Waals surface area contributed by atoms with E-state index in [-0.39, 0.29) is 23.3 Å². The highest BCUT2D eigenvalue weighted by Crippen LogP contribution is 2.37. The van der Waals surface area contributed by atoms with Crippen LogP contribution in [0.25, 0.3) is 22.2 Å². The SMILES string of the molecule is O=C(Cn1ncc2ncc(-c3ccc(Cl)c(C(F)(F)F)c3)cc21)C1CC1. The third-order valence-corrected chi connectivity index (χ3v) is 4.77. The number of carbonyl (C=O) groups excluding carboxylic acids is 1. The van der Waals surface area contributed by atoms with E-state index in [0.29, 0.717) is 22.2 Å². The quantitative estimate of drug-likeness (QED) is 0.657. The van der Waals surface area contributed by atoms with Crippen LogP contribution in [-0.4, -0.2) is 20.5 Å². The fourth-order valence-electron chi connectivity index (χ4n) is 2.84. The molecule has 2 heterocycles. The Labute approximate surface area is 151 Å². The topological polar surface area (TPSA) is 47.8 Å². The largest absolute Gasteiger partial charge is 0.417 e. The molecule has 1 aliphatic carbocycles. The first kappa shape index (κ1) is 17.0. The minimum Gasteiger partial charge on any atom is -0.297 e. The lowest BCUT2D eigenvalue weighted by atomic mass is 10.0. The number of nitrogens with zero attached hydrogens (tertiary/aromatic N) is 3. The molecule has 1 fully saturated rings. The van der Waals surface area contributed by atoms with E-state index in [4.69, 9.17) is 11.6 Å². The van der Waals surface area contributed by atoms with Gasteiger partial charge in [-0.15, -0.1) is 0 Å². The summed E-state index contributed by atoms with van der Waals surface area (Å²) >= 11 is 5.68. The Kier molecular flexibility index (Phi) is 3.99. The molecule has 2 aromatic heterocycles. The molecular weight excluding hydrogens is 367 g/mol. The smallest absolute Gasteiger partial charge is 0.297 e. The van der Waals surface area contributed by atoms with Crippen molar-refractivity contribution in [1.29, 1.82) is 0 Å². The summed E-state index contributed by atoms with van der Waals surface area (Å²) in [5, 5.41) is 3.83. The summed E-state index contributed by atoms with van der Waals surface area (Å²) in [6.07, 6.45) is 0.310. The number of carbonyl (C=O) groups is 1. The minimum atomic E-state index is -4.54. The van der Waals surface area contributed by atoms with E-state index in [1.54, 1.807) is 16.9 Å². The maximum atomic E-state index is 13.1. The van der Waals surface area contributed by atoms with Crippen LogP contribution < -0.4 is 0 Å². The Morgan fingerprint density at radius 1 is 1.19 bits per heavy atom. The van der Waals surface area contributed by atoms with Crippen LogP contribution in [0.4, 0.5) is 13.2 Å². The highest BCUT2D eigenvalue weighted by molar-refractivity contribution is 6.31. The Morgan fingerprint density at radius 3 is 2.65 bits per heavy atom. The molecule has 4 rings (SSSR count). The number of pyridine rings is 1. The summed E-state index contributed by atoms with van der Waals surface area (Å²) in [5.41, 5.74) is 1.15. The first-order valence-electron chi connectivity index (χ1n) is 8.04. The van der Waals surface area contributed by atoms with E-state index in [1.165, 1.54) is 18.3 Å². The van der Waals surface area contributed by atoms with Crippen LogP contribution >= 0.6 is 11.6 Å². The summed E-state index contributed by atoms with van der Waals surface area (Å²) in [7, 11) is 0. The standard InChI is InChI=1S/C18H13ClF3N3O/c19-14-4-3-11(5-13(14)18(20,21)22)12-6-16-15(23-7-12)8-24-25(16)9-17(26)10-1-2-10/h3-8,10H,1-2,9H2. The monoisotopic (exact) mass is 379 g/mol. The summed E-state index contributed by atoms with van der Waals surface area (Å²) in [4.78, 5) is 16.3. The third-order valence-electron chi connectivity index (χ3n) is 4.44. The van der Waals surface area contributed by atoms with Crippen LogP contribution in [0, 0.1) is 5.92 Å². The van der Waals surface area contributed by atoms with Crippen molar-refractivity contribution in [1.82, 2.24) is 14.8 Å². The van der Waals surface area contributed by atoms with Crippen LogP contribution in [0.5, 0.6) is 0 Å². The molecule has 0 N–H and O–H groups in total. The van der Waals surface area contributed by atoms with Crippen LogP contribution in [0.2, 0.25) is 5.02 Å². The van der Waals surface area contributed by atoms with Crippen molar-refractivity contribution < 1.29 is 18.0 Å². The Hall–Kier alpha value is -2.41. The maximum Gasteiger partial charge on any atom is 0.417 e. The Balaban J connectivity index is 1.74. The van der Waals surface area contributed by atoms with Gasteiger partial charge in [0.05, 0.1) is 22.3 Å². The molecule has 26 heavy (non-hydrogen) atoms. The predicted octanol–water partition coefficient (Wildman–Crippen LogP) is 4.75. The van der Waals surface area contributed by atoms with Crippen molar-refractivity contribution in [3.8, 4) is 11.1 Å². The van der Waals surface area contributed by atoms with Crippen LogP contribution in [0.1, 0.15) is 18.4 Å². The highest BCUT2D eigenvalue weighted by Gasteiger charge is 2.33. The molecule has 1 saturated carbocycles. The lowest BCUT2D eigenvalue weighted by Gasteiger charge is -2.11. The molecule has 1 aliphatic rings. The van der Waals surface area contributed by atoms with Crippen molar-refractivity contribution in [2.24, 2.45) is 5.92 Å². The zero-order valence-corrected chi connectivity index (χ0v) is 14.2. The van der Waals surface area contributed by atoms with Crippen LogP contribution in [-0.2, 0) is 17.5 Å². The molecule has 0 amide bonds. The molecule has 0 bridgehead atoms. The van der Waals surface area contributed by atoms with Gasteiger partial charge >= 0.3 is 6.18 Å². The van der Waals surface area contributed by atoms with E-state index in [0.717, 1.165) is 18.9 Å². The van der Waals surface area contributed by atoms with Gasteiger partial charge in [-0.1, -0.05) is 17.7 Å². The van der Waals surface area contributed by atoms with Crippen molar-refractivity contribution in [2.75, 3.05) is 0 Å². The second-order valence-corrected chi connectivity index (χ2v) is 6.77. The van der Waals surface area contributed by atoms with Crippen molar-refractivity contribution in [2.45, 2.75) is 25.6 Å². The average molecular weight is 380 g/mol. The fourth-order valence-corrected chi connectivity index (χ4v) is 3.07. The Morgan fingerprint density at radius 2 is 1.96 bits per heavy atom. The number of aromatic nitrogens is 3. The summed E-state index contributed by atoms with van der Waals surface area (Å²) in [5.74, 6) is 0.224. The lowest BCUT2D eigenvalue weighted by molar-refractivity contribution is -0.137. The number of rotatable bonds is 4. The number of alkyl halides is 3. The van der Waals surface area contributed by atoms with Crippen LogP contribution in [0.15, 0.2) is 36.7 Å². The van der Waals surface area contributed by atoms with Gasteiger partial charge in [0, 0.05) is 17.7 Å². The number of halogens is 4. The molecule has 0 aliphatic heterocycles. The van der Waals surface area contributed by atoms with Gasteiger partial charge in [0.2, 0.25) is 0 Å². The van der Waals surface area contributed by atoms with E-state index in [1.807, 2.05) is 0 Å². The summed E-state index contributed by atoms with van der Waals surface area (Å²) in [6, 6.07) is 5.43. The average Bonchev–Trinajstić information content (AvgIpc) is 3.37. The molecule has 3 aromatic rings. The Bertz CT molecular complexity index is 1010. The van der Waals surface area contributed by atoms with Gasteiger partial charge < -0.3 is 0 Å². The zero-order valence-electron chi connectivity index (χ0n) is 13.4. The third kappa shape index (κ3) is 3.19. The van der Waals surface area contributed by atoms with Crippen LogP contribution in [0.3, 0.4) is 0 Å². The van der Waals surface area contributed by atoms with Gasteiger partial charge in [-0.25, -0.2) is 0 Å². The van der Waals surface area contributed by atoms with Gasteiger partial charge in [0.25, 0.3) is 0 Å². The normalized spacial score (nSPS) is 14.8. The fraction of sp³-hybridized carbons (Fsp3) is 0.278. The predicted molar refractivity (Wildman–Crippen MR) is 90.7 cm³/mol. The van der Waals surface area contributed by atoms with Crippen molar-refractivity contribution in [3.63, 3.8) is 0 Å². The van der Waals surface area contributed by atoms with Gasteiger partial charge in [-0.2, -0.15) is 18.3 Å². The van der Waals surface area contributed by atoms with Gasteiger partial charge in [-0.05, 0) is 36.6 Å². The molecule has 0 radical (unpaired) electrons. The summed E-state index contributed by atoms with van der Waals surface area (Å²) < 4.78 is 40.8. The number of ketones is 1. The number of benzene rings is 1. The molecule has 0 spiro atoms. The first-order chi connectivity index (χ1) is 12.3. The molecule has 0 atom stereocenters. The molecular formula is C18H13ClF3N3O. The first-order valence-corrected chi connectivity index (χ1v) is 8.42.